The van der Waals surface area contributed by atoms with E-state index < -0.39 is 0 Å². The molecule has 14 heavy (non-hydrogen) atoms. The number of benzene rings is 1. The van der Waals surface area contributed by atoms with Crippen molar-refractivity contribution in [3.8, 4) is 11.5 Å². The first-order valence-electron chi connectivity index (χ1n) is 5.00. The van der Waals surface area contributed by atoms with Crippen LogP contribution in [0.2, 0.25) is 0 Å². The van der Waals surface area contributed by atoms with Gasteiger partial charge in [0, 0.05) is 5.56 Å². The Hall–Kier alpha value is -1.18. The summed E-state index contributed by atoms with van der Waals surface area (Å²) in [5, 5.41) is 19.0. The Morgan fingerprint density at radius 2 is 1.86 bits per heavy atom. The highest BCUT2D eigenvalue weighted by molar-refractivity contribution is 5.42. The molecule has 0 bridgehead atoms. The van der Waals surface area contributed by atoms with Crippen molar-refractivity contribution in [2.75, 3.05) is 0 Å². The van der Waals surface area contributed by atoms with Crippen LogP contribution in [0, 0.1) is 0 Å². The Kier molecular flexibility index (Phi) is 3.04. The molecule has 0 spiro atoms. The molecule has 2 heteroatoms. The fourth-order valence-corrected chi connectivity index (χ4v) is 1.83. The van der Waals surface area contributed by atoms with E-state index in [2.05, 4.69) is 20.8 Å². The number of hydrogen-bond donors (Lipinski definition) is 2. The van der Waals surface area contributed by atoms with Gasteiger partial charge in [0.15, 0.2) is 0 Å². The predicted octanol–water partition coefficient (Wildman–Crippen LogP) is 3.18. The zero-order valence-electron chi connectivity index (χ0n) is 9.04. The summed E-state index contributed by atoms with van der Waals surface area (Å²) >= 11 is 0. The highest BCUT2D eigenvalue weighted by Gasteiger charge is 2.23. The minimum atomic E-state index is -0.0857. The van der Waals surface area contributed by atoms with Crippen molar-refractivity contribution < 1.29 is 10.2 Å². The quantitative estimate of drug-likeness (QED) is 0.725. The van der Waals surface area contributed by atoms with Crippen LogP contribution in [0.1, 0.15) is 39.2 Å². The third kappa shape index (κ3) is 2.19. The van der Waals surface area contributed by atoms with E-state index in [9.17, 15) is 10.2 Å². The third-order valence-corrected chi connectivity index (χ3v) is 2.58. The van der Waals surface area contributed by atoms with Crippen LogP contribution >= 0.6 is 0 Å². The van der Waals surface area contributed by atoms with E-state index in [1.807, 2.05) is 0 Å². The fraction of sp³-hybridized carbons (Fsp3) is 0.500. The van der Waals surface area contributed by atoms with Crippen LogP contribution in [0.3, 0.4) is 0 Å². The van der Waals surface area contributed by atoms with Crippen molar-refractivity contribution in [3.05, 3.63) is 23.8 Å². The minimum Gasteiger partial charge on any atom is -0.508 e. The summed E-state index contributed by atoms with van der Waals surface area (Å²) < 4.78 is 0. The summed E-state index contributed by atoms with van der Waals surface area (Å²) in [6.07, 6.45) is 2.05. The molecule has 0 saturated carbocycles. The van der Waals surface area contributed by atoms with Crippen molar-refractivity contribution in [2.24, 2.45) is 0 Å². The fourth-order valence-electron chi connectivity index (χ4n) is 1.83. The van der Waals surface area contributed by atoms with E-state index in [0.717, 1.165) is 18.4 Å². The monoisotopic (exact) mass is 194 g/mol. The molecule has 0 atom stereocenters. The Bertz CT molecular complexity index is 316. The maximum Gasteiger partial charge on any atom is 0.119 e. The normalized spacial score (nSPS) is 11.6. The van der Waals surface area contributed by atoms with Crippen LogP contribution in [-0.4, -0.2) is 10.2 Å². The van der Waals surface area contributed by atoms with E-state index in [-0.39, 0.29) is 16.9 Å². The van der Waals surface area contributed by atoms with Gasteiger partial charge >= 0.3 is 0 Å². The number of phenols is 2. The Balaban J connectivity index is 3.10. The van der Waals surface area contributed by atoms with Gasteiger partial charge in [-0.05, 0) is 30.0 Å². The number of aromatic hydroxyl groups is 2. The highest BCUT2D eigenvalue weighted by Crippen LogP contribution is 2.36. The summed E-state index contributed by atoms with van der Waals surface area (Å²) in [5.74, 6) is 0.475. The molecule has 0 unspecified atom stereocenters. The summed E-state index contributed by atoms with van der Waals surface area (Å²) in [6, 6.07) is 4.69. The summed E-state index contributed by atoms with van der Waals surface area (Å²) in [7, 11) is 0. The minimum absolute atomic E-state index is 0.0857. The van der Waals surface area contributed by atoms with Gasteiger partial charge in [0.1, 0.15) is 11.5 Å². The van der Waals surface area contributed by atoms with E-state index in [1.54, 1.807) is 12.1 Å². The second-order valence-corrected chi connectivity index (χ2v) is 4.34. The zero-order chi connectivity index (χ0) is 10.8. The van der Waals surface area contributed by atoms with Gasteiger partial charge in [-0.2, -0.15) is 0 Å². The average Bonchev–Trinajstić information content (AvgIpc) is 2.09. The van der Waals surface area contributed by atoms with Gasteiger partial charge in [0.25, 0.3) is 0 Å². The first-order valence-corrected chi connectivity index (χ1v) is 5.00. The third-order valence-electron chi connectivity index (χ3n) is 2.58. The van der Waals surface area contributed by atoms with Gasteiger partial charge in [-0.15, -0.1) is 0 Å². The van der Waals surface area contributed by atoms with Gasteiger partial charge in [-0.25, -0.2) is 0 Å². The lowest BCUT2D eigenvalue weighted by Crippen LogP contribution is -2.16. The van der Waals surface area contributed by atoms with Crippen LogP contribution in [0.4, 0.5) is 0 Å². The van der Waals surface area contributed by atoms with Crippen LogP contribution in [0.25, 0.3) is 0 Å². The Morgan fingerprint density at radius 3 is 2.43 bits per heavy atom. The highest BCUT2D eigenvalue weighted by atomic mass is 16.3. The molecule has 0 radical (unpaired) electrons. The topological polar surface area (TPSA) is 40.5 Å². The largest absolute Gasteiger partial charge is 0.508 e. The lowest BCUT2D eigenvalue weighted by atomic mass is 9.80. The van der Waals surface area contributed by atoms with E-state index in [4.69, 9.17) is 0 Å². The molecule has 1 rings (SSSR count). The first-order chi connectivity index (χ1) is 6.47. The van der Waals surface area contributed by atoms with Gasteiger partial charge in [-0.1, -0.05) is 27.2 Å². The van der Waals surface area contributed by atoms with Crippen LogP contribution < -0.4 is 0 Å². The lowest BCUT2D eigenvalue weighted by molar-refractivity contribution is 0.410. The second kappa shape index (κ2) is 3.91. The molecule has 1 aromatic rings. The molecule has 0 aromatic heterocycles. The number of hydrogen-bond acceptors (Lipinski definition) is 2. The number of rotatable bonds is 3. The van der Waals surface area contributed by atoms with Crippen molar-refractivity contribution in [1.29, 1.82) is 0 Å². The maximum atomic E-state index is 9.69. The van der Waals surface area contributed by atoms with Gasteiger partial charge < -0.3 is 10.2 Å². The molecule has 0 aliphatic carbocycles. The van der Waals surface area contributed by atoms with E-state index >= 15 is 0 Å². The average molecular weight is 194 g/mol. The summed E-state index contributed by atoms with van der Waals surface area (Å²) in [6.45, 7) is 6.26. The first kappa shape index (κ1) is 10.9. The Labute approximate surface area is 85.2 Å². The second-order valence-electron chi connectivity index (χ2n) is 4.34. The molecule has 0 aliphatic heterocycles. The molecule has 2 nitrogen and oxygen atoms in total. The van der Waals surface area contributed by atoms with Crippen molar-refractivity contribution in [2.45, 2.75) is 39.0 Å². The summed E-state index contributed by atoms with van der Waals surface area (Å²) in [5.41, 5.74) is 0.733. The van der Waals surface area contributed by atoms with E-state index in [0.29, 0.717) is 0 Å². The molecule has 0 saturated heterocycles. The molecular weight excluding hydrogens is 176 g/mol. The van der Waals surface area contributed by atoms with Gasteiger partial charge in [0.2, 0.25) is 0 Å². The van der Waals surface area contributed by atoms with Crippen molar-refractivity contribution in [3.63, 3.8) is 0 Å². The molecule has 0 aliphatic rings. The molecule has 78 valence electrons. The summed E-state index contributed by atoms with van der Waals surface area (Å²) in [4.78, 5) is 0. The van der Waals surface area contributed by atoms with Crippen molar-refractivity contribution in [1.82, 2.24) is 0 Å². The standard InChI is InChI=1S/C12H18O2/c1-4-7-12(2,3)10-8-9(13)5-6-11(10)14/h5-6,8,13-14H,4,7H2,1-3H3. The van der Waals surface area contributed by atoms with Crippen molar-refractivity contribution >= 4 is 0 Å². The molecule has 1 aromatic carbocycles. The van der Waals surface area contributed by atoms with Crippen LogP contribution in [0.5, 0.6) is 11.5 Å². The smallest absolute Gasteiger partial charge is 0.119 e. The van der Waals surface area contributed by atoms with E-state index in [1.165, 1.54) is 6.07 Å². The molecule has 2 N–H and O–H groups in total. The molecule has 0 heterocycles. The van der Waals surface area contributed by atoms with Gasteiger partial charge in [-0.3, -0.25) is 0 Å². The Morgan fingerprint density at radius 1 is 1.21 bits per heavy atom. The maximum absolute atomic E-state index is 9.69. The van der Waals surface area contributed by atoms with Gasteiger partial charge in [0.05, 0.1) is 0 Å². The SMILES string of the molecule is CCCC(C)(C)c1cc(O)ccc1O. The lowest BCUT2D eigenvalue weighted by Gasteiger charge is -2.25. The molecular formula is C12H18O2. The zero-order valence-corrected chi connectivity index (χ0v) is 9.04. The predicted molar refractivity (Wildman–Crippen MR) is 57.7 cm³/mol. The number of phenolic OH excluding ortho intramolecular Hbond substituents is 2. The molecule has 0 fully saturated rings. The van der Waals surface area contributed by atoms with Crippen LogP contribution in [-0.2, 0) is 5.41 Å². The molecule has 0 amide bonds. The van der Waals surface area contributed by atoms with Crippen LogP contribution in [0.15, 0.2) is 18.2 Å².